The van der Waals surface area contributed by atoms with Crippen LogP contribution in [0.15, 0.2) is 41.6 Å². The molecular weight excluding hydrogens is 439 g/mol. The van der Waals surface area contributed by atoms with Gasteiger partial charge in [0.25, 0.3) is 5.01 Å². The van der Waals surface area contributed by atoms with Crippen LogP contribution in [0.25, 0.3) is 16.3 Å². The van der Waals surface area contributed by atoms with Gasteiger partial charge in [-0.25, -0.2) is 0 Å². The number of halogens is 1. The molecule has 0 saturated carbocycles. The molecule has 0 unspecified atom stereocenters. The summed E-state index contributed by atoms with van der Waals surface area (Å²) in [6.07, 6.45) is 9.97. The average molecular weight is 466 g/mol. The Balaban J connectivity index is 0.00000182. The van der Waals surface area contributed by atoms with Crippen molar-refractivity contribution < 1.29 is 28.5 Å². The summed E-state index contributed by atoms with van der Waals surface area (Å²) in [5, 5.41) is 1.35. The number of benzene rings is 1. The van der Waals surface area contributed by atoms with E-state index in [0.717, 1.165) is 0 Å². The fraction of sp³-hybridized carbons (Fsp3) is 0.476. The molecular formula is C21H27IN2S. The van der Waals surface area contributed by atoms with Gasteiger partial charge in [0.2, 0.25) is 5.52 Å². The minimum absolute atomic E-state index is 0. The van der Waals surface area contributed by atoms with E-state index in [1.807, 2.05) is 11.3 Å². The predicted molar refractivity (Wildman–Crippen MR) is 103 cm³/mol. The molecule has 0 bridgehead atoms. The first-order chi connectivity index (χ1) is 11.5. The van der Waals surface area contributed by atoms with E-state index < -0.39 is 0 Å². The summed E-state index contributed by atoms with van der Waals surface area (Å²) in [7, 11) is 2.18. The van der Waals surface area contributed by atoms with Crippen molar-refractivity contribution >= 4 is 27.6 Å². The number of hydrogen-bond acceptors (Lipinski definition) is 2. The van der Waals surface area contributed by atoms with E-state index in [-0.39, 0.29) is 24.0 Å². The van der Waals surface area contributed by atoms with Crippen molar-refractivity contribution in [2.45, 2.75) is 39.5 Å². The van der Waals surface area contributed by atoms with E-state index in [2.05, 4.69) is 66.8 Å². The van der Waals surface area contributed by atoms with Crippen LogP contribution in [-0.2, 0) is 7.05 Å². The molecule has 1 aromatic carbocycles. The first-order valence-electron chi connectivity index (χ1n) is 9.06. The summed E-state index contributed by atoms with van der Waals surface area (Å²) in [6, 6.07) is 8.69. The highest BCUT2D eigenvalue weighted by Crippen LogP contribution is 2.40. The summed E-state index contributed by atoms with van der Waals surface area (Å²) >= 11 is 1.89. The quantitative estimate of drug-likeness (QED) is 0.485. The topological polar surface area (TPSA) is 7.12 Å². The van der Waals surface area contributed by atoms with Gasteiger partial charge in [0, 0.05) is 30.9 Å². The molecule has 1 fully saturated rings. The molecule has 4 heteroatoms. The fourth-order valence-corrected chi connectivity index (χ4v) is 5.25. The van der Waals surface area contributed by atoms with Gasteiger partial charge in [-0.3, -0.25) is 0 Å². The van der Waals surface area contributed by atoms with Crippen LogP contribution in [0.5, 0.6) is 0 Å². The lowest BCUT2D eigenvalue weighted by molar-refractivity contribution is -0.642. The molecule has 4 rings (SSSR count). The van der Waals surface area contributed by atoms with Crippen LogP contribution in [0.3, 0.4) is 0 Å². The third-order valence-electron chi connectivity index (χ3n) is 5.29. The molecule has 0 atom stereocenters. The summed E-state index contributed by atoms with van der Waals surface area (Å²) in [6.45, 7) is 7.31. The Kier molecular flexibility index (Phi) is 5.59. The summed E-state index contributed by atoms with van der Waals surface area (Å²) in [4.78, 5) is 2.61. The Morgan fingerprint density at radius 1 is 1.12 bits per heavy atom. The Hall–Kier alpha value is -0.880. The lowest BCUT2D eigenvalue weighted by atomic mass is 9.77. The zero-order chi connectivity index (χ0) is 16.7. The van der Waals surface area contributed by atoms with Gasteiger partial charge in [-0.2, -0.15) is 4.57 Å². The summed E-state index contributed by atoms with van der Waals surface area (Å²) in [5.74, 6) is 0. The Morgan fingerprint density at radius 3 is 2.56 bits per heavy atom. The lowest BCUT2D eigenvalue weighted by Gasteiger charge is -2.35. The molecule has 25 heavy (non-hydrogen) atoms. The van der Waals surface area contributed by atoms with Crippen molar-refractivity contribution in [2.75, 3.05) is 13.1 Å². The number of aromatic nitrogens is 1. The van der Waals surface area contributed by atoms with Crippen LogP contribution in [0.4, 0.5) is 0 Å². The molecule has 134 valence electrons. The normalized spacial score (nSPS) is 21.5. The van der Waals surface area contributed by atoms with Gasteiger partial charge in [-0.1, -0.05) is 37.3 Å². The van der Waals surface area contributed by atoms with Crippen molar-refractivity contribution in [1.29, 1.82) is 0 Å². The number of allylic oxidation sites excluding steroid dienone is 3. The van der Waals surface area contributed by atoms with Gasteiger partial charge < -0.3 is 28.9 Å². The number of rotatable bonds is 2. The SMILES string of the molecule is C[n+]1c(/C=C2/C=C(N3CCCC3)CC(C)(C)C2)sc2ccccc21.[I-]. The van der Waals surface area contributed by atoms with Gasteiger partial charge in [0.15, 0.2) is 0 Å². The number of fused-ring (bicyclic) bond motifs is 1. The van der Waals surface area contributed by atoms with E-state index in [4.69, 9.17) is 0 Å². The standard InChI is InChI=1S/C21H27N2S.HI/c1-21(2)14-16(12-17(15-21)23-10-6-7-11-23)13-20-22(3)18-8-4-5-9-19(18)24-20;/h4-5,8-9,12-13H,6-7,10-11,14-15H2,1-3H3;1H/q+1;/p-1. The van der Waals surface area contributed by atoms with Crippen molar-refractivity contribution in [3.63, 3.8) is 0 Å². The molecule has 1 saturated heterocycles. The van der Waals surface area contributed by atoms with Gasteiger partial charge >= 0.3 is 0 Å². The van der Waals surface area contributed by atoms with Crippen LogP contribution < -0.4 is 28.5 Å². The minimum Gasteiger partial charge on any atom is -1.00 e. The van der Waals surface area contributed by atoms with Crippen LogP contribution in [0.2, 0.25) is 0 Å². The first kappa shape index (κ1) is 18.9. The maximum absolute atomic E-state index is 2.61. The highest BCUT2D eigenvalue weighted by Gasteiger charge is 2.29. The molecule has 2 aromatic rings. The second kappa shape index (κ2) is 7.39. The monoisotopic (exact) mass is 466 g/mol. The second-order valence-corrected chi connectivity index (χ2v) is 9.10. The minimum atomic E-state index is 0. The van der Waals surface area contributed by atoms with Crippen molar-refractivity contribution in [1.82, 2.24) is 4.90 Å². The second-order valence-electron chi connectivity index (χ2n) is 8.03. The number of nitrogens with zero attached hydrogens (tertiary/aromatic N) is 2. The average Bonchev–Trinajstić information content (AvgIpc) is 3.16. The Labute approximate surface area is 172 Å². The Morgan fingerprint density at radius 2 is 1.84 bits per heavy atom. The van der Waals surface area contributed by atoms with E-state index in [9.17, 15) is 0 Å². The molecule has 0 radical (unpaired) electrons. The van der Waals surface area contributed by atoms with Gasteiger partial charge in [-0.15, -0.1) is 0 Å². The maximum Gasteiger partial charge on any atom is 0.262 e. The fourth-order valence-electron chi connectivity index (χ4n) is 4.13. The molecule has 1 aliphatic carbocycles. The zero-order valence-corrected chi connectivity index (χ0v) is 18.4. The highest BCUT2D eigenvalue weighted by molar-refractivity contribution is 7.18. The number of likely N-dealkylation sites (tertiary alicyclic amines) is 1. The van der Waals surface area contributed by atoms with Crippen molar-refractivity contribution in [2.24, 2.45) is 12.5 Å². The van der Waals surface area contributed by atoms with Gasteiger partial charge in [0.1, 0.15) is 11.7 Å². The maximum atomic E-state index is 2.61. The van der Waals surface area contributed by atoms with Gasteiger partial charge in [0.05, 0.1) is 0 Å². The van der Waals surface area contributed by atoms with Gasteiger partial charge in [-0.05, 0) is 48.8 Å². The summed E-state index contributed by atoms with van der Waals surface area (Å²) < 4.78 is 3.70. The lowest BCUT2D eigenvalue weighted by Crippen LogP contribution is -3.00. The van der Waals surface area contributed by atoms with E-state index in [0.29, 0.717) is 5.41 Å². The molecule has 2 heterocycles. The molecule has 1 aliphatic heterocycles. The zero-order valence-electron chi connectivity index (χ0n) is 15.4. The molecule has 0 spiro atoms. The van der Waals surface area contributed by atoms with Crippen molar-refractivity contribution in [3.8, 4) is 0 Å². The molecule has 0 N–H and O–H groups in total. The van der Waals surface area contributed by atoms with Crippen LogP contribution in [0.1, 0.15) is 44.5 Å². The highest BCUT2D eigenvalue weighted by atomic mass is 127. The number of thiazole rings is 1. The Bertz CT molecular complexity index is 826. The largest absolute Gasteiger partial charge is 1.00 e. The predicted octanol–water partition coefficient (Wildman–Crippen LogP) is 1.91. The van der Waals surface area contributed by atoms with E-state index in [1.165, 1.54) is 59.6 Å². The van der Waals surface area contributed by atoms with Crippen LogP contribution >= 0.6 is 11.3 Å². The van der Waals surface area contributed by atoms with Crippen LogP contribution in [-0.4, -0.2) is 18.0 Å². The summed E-state index contributed by atoms with van der Waals surface area (Å²) in [5.41, 5.74) is 4.72. The smallest absolute Gasteiger partial charge is 0.262 e. The third-order valence-corrected chi connectivity index (χ3v) is 6.45. The number of hydrogen-bond donors (Lipinski definition) is 0. The molecule has 2 nitrogen and oxygen atoms in total. The number of para-hydroxylation sites is 1. The molecule has 0 amide bonds. The third kappa shape index (κ3) is 3.95. The van der Waals surface area contributed by atoms with E-state index >= 15 is 0 Å². The first-order valence-corrected chi connectivity index (χ1v) is 9.87. The van der Waals surface area contributed by atoms with Crippen LogP contribution in [0, 0.1) is 5.41 Å². The molecule has 2 aliphatic rings. The number of aryl methyl sites for hydroxylation is 1. The molecule has 1 aromatic heterocycles. The van der Waals surface area contributed by atoms with Crippen molar-refractivity contribution in [3.05, 3.63) is 46.6 Å². The van der Waals surface area contributed by atoms with E-state index in [1.54, 1.807) is 5.70 Å².